The maximum atomic E-state index is 11.3. The maximum Gasteiger partial charge on any atom is 0.324 e. The van der Waals surface area contributed by atoms with Gasteiger partial charge in [-0.2, -0.15) is 0 Å². The molecule has 0 spiro atoms. The Kier molecular flexibility index (Phi) is 3.45. The molecule has 0 radical (unpaired) electrons. The summed E-state index contributed by atoms with van der Waals surface area (Å²) >= 11 is 1.53. The first-order valence-corrected chi connectivity index (χ1v) is 6.72. The van der Waals surface area contributed by atoms with E-state index in [1.54, 1.807) is 0 Å². The van der Waals surface area contributed by atoms with Gasteiger partial charge in [0, 0.05) is 10.6 Å². The van der Waals surface area contributed by atoms with E-state index in [2.05, 4.69) is 6.07 Å². The van der Waals surface area contributed by atoms with E-state index in [0.29, 0.717) is 5.75 Å². The molecule has 4 heteroatoms. The van der Waals surface area contributed by atoms with Gasteiger partial charge in [-0.15, -0.1) is 11.8 Å². The minimum atomic E-state index is -1.06. The molecule has 1 aromatic carbocycles. The number of carbonyl (C=O) groups is 1. The first-order valence-electron chi connectivity index (χ1n) is 5.74. The van der Waals surface area contributed by atoms with Gasteiger partial charge in [0.25, 0.3) is 0 Å². The molecule has 1 unspecified atom stereocenters. The van der Waals surface area contributed by atoms with Crippen LogP contribution >= 0.6 is 11.8 Å². The molecule has 0 bridgehead atoms. The number of nitrogens with two attached hydrogens (primary N) is 1. The van der Waals surface area contributed by atoms with Crippen LogP contribution in [0.1, 0.15) is 18.4 Å². The summed E-state index contributed by atoms with van der Waals surface area (Å²) in [6, 6.07) is 8.05. The molecular formula is C13H17NO2S. The lowest BCUT2D eigenvalue weighted by Crippen LogP contribution is -2.52. The number of thioether (sulfide) groups is 1. The standard InChI is InChI=1S/C13H17NO2S/c1-9-3-2-4-11(7-9)17-8-13(14,12(15)16)10-5-6-10/h2-4,7,10H,5-6,8,14H2,1H3,(H,15,16). The number of benzene rings is 1. The summed E-state index contributed by atoms with van der Waals surface area (Å²) in [6.07, 6.45) is 1.88. The lowest BCUT2D eigenvalue weighted by Gasteiger charge is -2.23. The third-order valence-corrected chi connectivity index (χ3v) is 4.38. The fraction of sp³-hybridized carbons (Fsp3) is 0.462. The van der Waals surface area contributed by atoms with Crippen molar-refractivity contribution in [3.63, 3.8) is 0 Å². The molecule has 0 aromatic heterocycles. The molecule has 1 aliphatic carbocycles. The Morgan fingerprint density at radius 2 is 2.29 bits per heavy atom. The van der Waals surface area contributed by atoms with E-state index in [9.17, 15) is 9.90 Å². The lowest BCUT2D eigenvalue weighted by atomic mass is 9.98. The monoisotopic (exact) mass is 251 g/mol. The van der Waals surface area contributed by atoms with Crippen molar-refractivity contribution < 1.29 is 9.90 Å². The summed E-state index contributed by atoms with van der Waals surface area (Å²) < 4.78 is 0. The van der Waals surface area contributed by atoms with Gasteiger partial charge >= 0.3 is 5.97 Å². The van der Waals surface area contributed by atoms with Crippen LogP contribution in [0.25, 0.3) is 0 Å². The fourth-order valence-electron chi connectivity index (χ4n) is 1.86. The second-order valence-corrected chi connectivity index (χ2v) is 5.77. The van der Waals surface area contributed by atoms with Gasteiger partial charge in [0.1, 0.15) is 5.54 Å². The molecule has 1 fully saturated rings. The predicted octanol–water partition coefficient (Wildman–Crippen LogP) is 2.28. The highest BCUT2D eigenvalue weighted by Crippen LogP contribution is 2.41. The number of carboxylic acids is 1. The Morgan fingerprint density at radius 3 is 2.82 bits per heavy atom. The quantitative estimate of drug-likeness (QED) is 0.788. The van der Waals surface area contributed by atoms with E-state index in [-0.39, 0.29) is 5.92 Å². The summed E-state index contributed by atoms with van der Waals surface area (Å²) in [4.78, 5) is 12.3. The van der Waals surface area contributed by atoms with Gasteiger partial charge in [-0.1, -0.05) is 17.7 Å². The van der Waals surface area contributed by atoms with Gasteiger partial charge < -0.3 is 10.8 Å². The molecule has 2 rings (SSSR count). The summed E-state index contributed by atoms with van der Waals surface area (Å²) in [5, 5.41) is 9.24. The smallest absolute Gasteiger partial charge is 0.324 e. The van der Waals surface area contributed by atoms with Gasteiger partial charge in [-0.25, -0.2) is 0 Å². The van der Waals surface area contributed by atoms with Crippen LogP contribution in [-0.4, -0.2) is 22.4 Å². The fourth-order valence-corrected chi connectivity index (χ4v) is 3.07. The number of aliphatic carboxylic acids is 1. The van der Waals surface area contributed by atoms with Crippen molar-refractivity contribution >= 4 is 17.7 Å². The molecule has 1 saturated carbocycles. The van der Waals surface area contributed by atoms with Crippen molar-refractivity contribution in [2.24, 2.45) is 11.7 Å². The number of rotatable bonds is 5. The molecule has 1 atom stereocenters. The molecule has 0 heterocycles. The Hall–Kier alpha value is -1.00. The molecule has 3 nitrogen and oxygen atoms in total. The Labute approximate surface area is 105 Å². The minimum absolute atomic E-state index is 0.150. The van der Waals surface area contributed by atoms with Crippen LogP contribution in [0.5, 0.6) is 0 Å². The van der Waals surface area contributed by atoms with E-state index in [1.807, 2.05) is 25.1 Å². The normalized spacial score (nSPS) is 18.7. The van der Waals surface area contributed by atoms with E-state index in [0.717, 1.165) is 17.7 Å². The van der Waals surface area contributed by atoms with Crippen molar-refractivity contribution in [1.29, 1.82) is 0 Å². The van der Waals surface area contributed by atoms with Crippen molar-refractivity contribution in [3.8, 4) is 0 Å². The Bertz CT molecular complexity index is 431. The summed E-state index contributed by atoms with van der Waals surface area (Å²) in [6.45, 7) is 2.03. The van der Waals surface area contributed by atoms with Crippen molar-refractivity contribution in [2.45, 2.75) is 30.2 Å². The summed E-state index contributed by atoms with van der Waals surface area (Å²) in [5.41, 5.74) is 6.13. The highest BCUT2D eigenvalue weighted by atomic mass is 32.2. The first kappa shape index (κ1) is 12.5. The first-order chi connectivity index (χ1) is 8.02. The molecule has 1 aliphatic rings. The second-order valence-electron chi connectivity index (χ2n) is 4.72. The molecule has 0 aliphatic heterocycles. The molecule has 1 aromatic rings. The predicted molar refractivity (Wildman–Crippen MR) is 69.2 cm³/mol. The van der Waals surface area contributed by atoms with Crippen molar-refractivity contribution in [1.82, 2.24) is 0 Å². The minimum Gasteiger partial charge on any atom is -0.480 e. The maximum absolute atomic E-state index is 11.3. The Balaban J connectivity index is 2.03. The van der Waals surface area contributed by atoms with Gasteiger partial charge in [-0.3, -0.25) is 4.79 Å². The van der Waals surface area contributed by atoms with Crippen LogP contribution in [0, 0.1) is 12.8 Å². The lowest BCUT2D eigenvalue weighted by molar-refractivity contribution is -0.143. The molecule has 92 valence electrons. The number of hydrogen-bond donors (Lipinski definition) is 2. The van der Waals surface area contributed by atoms with Crippen LogP contribution in [0.3, 0.4) is 0 Å². The van der Waals surface area contributed by atoms with Gasteiger partial charge in [0.15, 0.2) is 0 Å². The summed E-state index contributed by atoms with van der Waals surface area (Å²) in [5.74, 6) is -0.284. The highest BCUT2D eigenvalue weighted by molar-refractivity contribution is 7.99. The average molecular weight is 251 g/mol. The third kappa shape index (κ3) is 2.82. The average Bonchev–Trinajstić information content (AvgIpc) is 3.09. The molecular weight excluding hydrogens is 234 g/mol. The van der Waals surface area contributed by atoms with Gasteiger partial charge in [0.2, 0.25) is 0 Å². The number of carboxylic acid groups (broad SMARTS) is 1. The van der Waals surface area contributed by atoms with E-state index < -0.39 is 11.5 Å². The summed E-state index contributed by atoms with van der Waals surface area (Å²) in [7, 11) is 0. The SMILES string of the molecule is Cc1cccc(SCC(N)(C(=O)O)C2CC2)c1. The molecule has 0 saturated heterocycles. The zero-order chi connectivity index (χ0) is 12.5. The highest BCUT2D eigenvalue weighted by Gasteiger charge is 2.48. The third-order valence-electron chi connectivity index (χ3n) is 3.17. The Morgan fingerprint density at radius 1 is 1.59 bits per heavy atom. The zero-order valence-corrected chi connectivity index (χ0v) is 10.7. The number of hydrogen-bond acceptors (Lipinski definition) is 3. The zero-order valence-electron chi connectivity index (χ0n) is 9.85. The van der Waals surface area contributed by atoms with Gasteiger partial charge in [0.05, 0.1) is 0 Å². The van der Waals surface area contributed by atoms with E-state index >= 15 is 0 Å². The van der Waals surface area contributed by atoms with E-state index in [4.69, 9.17) is 5.73 Å². The topological polar surface area (TPSA) is 63.3 Å². The van der Waals surface area contributed by atoms with Crippen LogP contribution in [0.2, 0.25) is 0 Å². The molecule has 0 amide bonds. The largest absolute Gasteiger partial charge is 0.480 e. The van der Waals surface area contributed by atoms with Crippen LogP contribution in [0.15, 0.2) is 29.2 Å². The van der Waals surface area contributed by atoms with Crippen molar-refractivity contribution in [2.75, 3.05) is 5.75 Å². The second kappa shape index (κ2) is 4.70. The van der Waals surface area contributed by atoms with Crippen LogP contribution in [0.4, 0.5) is 0 Å². The molecule has 17 heavy (non-hydrogen) atoms. The van der Waals surface area contributed by atoms with E-state index in [1.165, 1.54) is 17.3 Å². The number of aryl methyl sites for hydroxylation is 1. The van der Waals surface area contributed by atoms with Crippen molar-refractivity contribution in [3.05, 3.63) is 29.8 Å². The van der Waals surface area contributed by atoms with Gasteiger partial charge in [-0.05, 0) is 37.8 Å². The van der Waals surface area contributed by atoms with Crippen LogP contribution in [-0.2, 0) is 4.79 Å². The van der Waals surface area contributed by atoms with Crippen LogP contribution < -0.4 is 5.73 Å². The molecule has 3 N–H and O–H groups in total.